The summed E-state index contributed by atoms with van der Waals surface area (Å²) in [4.78, 5) is 0. The van der Waals surface area contributed by atoms with Crippen molar-refractivity contribution >= 4 is 0 Å². The van der Waals surface area contributed by atoms with Crippen LogP contribution in [-0.4, -0.2) is 23.4 Å². The van der Waals surface area contributed by atoms with E-state index in [0.29, 0.717) is 12.3 Å². The second-order valence-electron chi connectivity index (χ2n) is 3.46. The Morgan fingerprint density at radius 1 is 1.43 bits per heavy atom. The van der Waals surface area contributed by atoms with Crippen LogP contribution in [0.3, 0.4) is 0 Å². The maximum absolute atomic E-state index is 9.66. The zero-order chi connectivity index (χ0) is 10.6. The summed E-state index contributed by atoms with van der Waals surface area (Å²) < 4.78 is 0. The number of phenols is 1. The highest BCUT2D eigenvalue weighted by molar-refractivity contribution is 5.37. The summed E-state index contributed by atoms with van der Waals surface area (Å²) in [7, 11) is 0. The molecule has 0 saturated heterocycles. The van der Waals surface area contributed by atoms with E-state index < -0.39 is 0 Å². The van der Waals surface area contributed by atoms with Gasteiger partial charge in [-0.2, -0.15) is 0 Å². The van der Waals surface area contributed by atoms with E-state index in [1.54, 1.807) is 6.07 Å². The van der Waals surface area contributed by atoms with Crippen LogP contribution in [-0.2, 0) is 0 Å². The summed E-state index contributed by atoms with van der Waals surface area (Å²) in [6, 6.07) is 5.67. The fourth-order valence-electron chi connectivity index (χ4n) is 1.41. The molecule has 1 rings (SSSR count). The second kappa shape index (κ2) is 4.98. The Bertz CT molecular complexity index is 299. The van der Waals surface area contributed by atoms with E-state index >= 15 is 0 Å². The van der Waals surface area contributed by atoms with Crippen LogP contribution in [0.5, 0.6) is 5.75 Å². The van der Waals surface area contributed by atoms with Gasteiger partial charge in [-0.05, 0) is 25.5 Å². The summed E-state index contributed by atoms with van der Waals surface area (Å²) in [6.07, 6.45) is 0. The number of hydrogen-bond donors (Lipinski definition) is 3. The lowest BCUT2D eigenvalue weighted by Gasteiger charge is -2.15. The predicted octanol–water partition coefficient (Wildman–Crippen LogP) is 1.34. The molecule has 3 nitrogen and oxygen atoms in total. The number of aliphatic hydroxyl groups excluding tert-OH is 1. The molecular formula is C11H17NO2. The Kier molecular flexibility index (Phi) is 3.92. The number of rotatable bonds is 4. The van der Waals surface area contributed by atoms with E-state index in [1.165, 1.54) is 0 Å². The number of phenolic OH excluding ortho intramolecular Hbond substituents is 1. The summed E-state index contributed by atoms with van der Waals surface area (Å²) in [6.45, 7) is 4.54. The van der Waals surface area contributed by atoms with Crippen molar-refractivity contribution in [3.8, 4) is 5.75 Å². The van der Waals surface area contributed by atoms with Crippen molar-refractivity contribution in [3.63, 3.8) is 0 Å². The predicted molar refractivity (Wildman–Crippen MR) is 56.3 cm³/mol. The third kappa shape index (κ3) is 2.72. The second-order valence-corrected chi connectivity index (χ2v) is 3.46. The van der Waals surface area contributed by atoms with Crippen LogP contribution in [0.25, 0.3) is 0 Å². The van der Waals surface area contributed by atoms with Crippen molar-refractivity contribution in [2.24, 2.45) is 0 Å². The van der Waals surface area contributed by atoms with Crippen LogP contribution >= 0.6 is 0 Å². The molecule has 0 bridgehead atoms. The largest absolute Gasteiger partial charge is 0.508 e. The van der Waals surface area contributed by atoms with Gasteiger partial charge >= 0.3 is 0 Å². The van der Waals surface area contributed by atoms with Gasteiger partial charge in [0.1, 0.15) is 5.75 Å². The topological polar surface area (TPSA) is 52.5 Å². The minimum Gasteiger partial charge on any atom is -0.508 e. The van der Waals surface area contributed by atoms with E-state index in [0.717, 1.165) is 11.1 Å². The molecule has 0 aromatic heterocycles. The molecule has 0 aliphatic heterocycles. The van der Waals surface area contributed by atoms with Crippen molar-refractivity contribution in [1.29, 1.82) is 0 Å². The van der Waals surface area contributed by atoms with Crippen LogP contribution in [0.4, 0.5) is 0 Å². The summed E-state index contributed by atoms with van der Waals surface area (Å²) in [5, 5.41) is 21.4. The Morgan fingerprint density at radius 2 is 2.14 bits per heavy atom. The molecule has 0 amide bonds. The van der Waals surface area contributed by atoms with Gasteiger partial charge in [-0.1, -0.05) is 12.1 Å². The van der Waals surface area contributed by atoms with Crippen LogP contribution in [0, 0.1) is 6.92 Å². The quantitative estimate of drug-likeness (QED) is 0.679. The van der Waals surface area contributed by atoms with E-state index in [9.17, 15) is 5.11 Å². The number of hydrogen-bond acceptors (Lipinski definition) is 3. The SMILES string of the molecule is Cc1ccc(C(C)NCCO)c(O)c1. The number of benzene rings is 1. The zero-order valence-electron chi connectivity index (χ0n) is 8.62. The minimum atomic E-state index is 0.0581. The van der Waals surface area contributed by atoms with Gasteiger partial charge in [0.05, 0.1) is 6.61 Å². The molecule has 1 aromatic rings. The number of aryl methyl sites for hydroxylation is 1. The molecule has 1 unspecified atom stereocenters. The molecule has 0 aliphatic carbocycles. The molecule has 3 N–H and O–H groups in total. The first-order valence-electron chi connectivity index (χ1n) is 4.79. The Balaban J connectivity index is 2.74. The van der Waals surface area contributed by atoms with Gasteiger partial charge in [0.15, 0.2) is 0 Å². The fourth-order valence-corrected chi connectivity index (χ4v) is 1.41. The van der Waals surface area contributed by atoms with E-state index in [1.807, 2.05) is 26.0 Å². The van der Waals surface area contributed by atoms with Crippen molar-refractivity contribution in [1.82, 2.24) is 5.32 Å². The van der Waals surface area contributed by atoms with E-state index in [2.05, 4.69) is 5.32 Å². The first-order chi connectivity index (χ1) is 6.65. The Morgan fingerprint density at radius 3 is 2.71 bits per heavy atom. The highest BCUT2D eigenvalue weighted by Gasteiger charge is 2.08. The normalized spacial score (nSPS) is 12.8. The Hall–Kier alpha value is -1.06. The molecule has 0 spiro atoms. The van der Waals surface area contributed by atoms with Crippen LogP contribution in [0.15, 0.2) is 18.2 Å². The molecular weight excluding hydrogens is 178 g/mol. The average Bonchev–Trinajstić information content (AvgIpc) is 2.14. The Labute approximate surface area is 84.4 Å². The van der Waals surface area contributed by atoms with E-state index in [4.69, 9.17) is 5.11 Å². The lowest BCUT2D eigenvalue weighted by molar-refractivity contribution is 0.285. The maximum atomic E-state index is 9.66. The van der Waals surface area contributed by atoms with Crippen molar-refractivity contribution in [2.45, 2.75) is 19.9 Å². The van der Waals surface area contributed by atoms with Crippen molar-refractivity contribution in [3.05, 3.63) is 29.3 Å². The molecule has 14 heavy (non-hydrogen) atoms. The molecule has 78 valence electrons. The smallest absolute Gasteiger partial charge is 0.120 e. The molecule has 0 heterocycles. The fraction of sp³-hybridized carbons (Fsp3) is 0.455. The molecule has 0 fully saturated rings. The summed E-state index contributed by atoms with van der Waals surface area (Å²) in [5.41, 5.74) is 1.91. The highest BCUT2D eigenvalue weighted by atomic mass is 16.3. The van der Waals surface area contributed by atoms with Gasteiger partial charge in [0.2, 0.25) is 0 Å². The maximum Gasteiger partial charge on any atom is 0.120 e. The summed E-state index contributed by atoms with van der Waals surface area (Å²) in [5.74, 6) is 0.308. The molecule has 0 aliphatic rings. The summed E-state index contributed by atoms with van der Waals surface area (Å²) >= 11 is 0. The van der Waals surface area contributed by atoms with Gasteiger partial charge in [0, 0.05) is 18.2 Å². The molecule has 0 saturated carbocycles. The average molecular weight is 195 g/mol. The van der Waals surface area contributed by atoms with Gasteiger partial charge < -0.3 is 15.5 Å². The standard InChI is InChI=1S/C11H17NO2/c1-8-3-4-10(11(14)7-8)9(2)12-5-6-13/h3-4,7,9,12-14H,5-6H2,1-2H3. The first kappa shape index (κ1) is 11.0. The van der Waals surface area contributed by atoms with Crippen molar-refractivity contribution < 1.29 is 10.2 Å². The van der Waals surface area contributed by atoms with Gasteiger partial charge in [0.25, 0.3) is 0 Å². The van der Waals surface area contributed by atoms with Gasteiger partial charge in [-0.25, -0.2) is 0 Å². The zero-order valence-corrected chi connectivity index (χ0v) is 8.62. The first-order valence-corrected chi connectivity index (χ1v) is 4.79. The monoisotopic (exact) mass is 195 g/mol. The lowest BCUT2D eigenvalue weighted by Crippen LogP contribution is -2.22. The minimum absolute atomic E-state index is 0.0581. The van der Waals surface area contributed by atoms with Crippen molar-refractivity contribution in [2.75, 3.05) is 13.2 Å². The van der Waals surface area contributed by atoms with Crippen LogP contribution in [0.1, 0.15) is 24.1 Å². The molecule has 0 radical (unpaired) electrons. The van der Waals surface area contributed by atoms with E-state index in [-0.39, 0.29) is 12.6 Å². The highest BCUT2D eigenvalue weighted by Crippen LogP contribution is 2.24. The molecule has 1 atom stereocenters. The molecule has 1 aromatic carbocycles. The molecule has 3 heteroatoms. The third-order valence-electron chi connectivity index (χ3n) is 2.21. The van der Waals surface area contributed by atoms with Gasteiger partial charge in [-0.15, -0.1) is 0 Å². The number of aromatic hydroxyl groups is 1. The van der Waals surface area contributed by atoms with Crippen LogP contribution < -0.4 is 5.32 Å². The lowest BCUT2D eigenvalue weighted by atomic mass is 10.1. The third-order valence-corrected chi connectivity index (χ3v) is 2.21. The van der Waals surface area contributed by atoms with Gasteiger partial charge in [-0.3, -0.25) is 0 Å². The van der Waals surface area contributed by atoms with Crippen LogP contribution in [0.2, 0.25) is 0 Å². The number of aliphatic hydroxyl groups is 1. The number of nitrogens with one attached hydrogen (secondary N) is 1.